The van der Waals surface area contributed by atoms with E-state index in [1.54, 1.807) is 12.1 Å². The van der Waals surface area contributed by atoms with Crippen molar-refractivity contribution in [3.8, 4) is 17.7 Å². The maximum Gasteiger partial charge on any atom is 0.222 e. The van der Waals surface area contributed by atoms with Crippen LogP contribution < -0.4 is 4.74 Å². The lowest BCUT2D eigenvalue weighted by Crippen LogP contribution is -1.93. The van der Waals surface area contributed by atoms with Crippen molar-refractivity contribution in [3.63, 3.8) is 0 Å². The van der Waals surface area contributed by atoms with Crippen LogP contribution in [0.3, 0.4) is 0 Å². The first kappa shape index (κ1) is 12.3. The largest absolute Gasteiger partial charge is 0.436 e. The molecule has 0 unspecified atom stereocenters. The zero-order valence-corrected chi connectivity index (χ0v) is 10.2. The zero-order chi connectivity index (χ0) is 13.1. The Hall–Kier alpha value is -2.12. The van der Waals surface area contributed by atoms with E-state index in [1.807, 2.05) is 13.0 Å². The van der Waals surface area contributed by atoms with Gasteiger partial charge in [0.25, 0.3) is 0 Å². The fourth-order valence-corrected chi connectivity index (χ4v) is 1.59. The molecule has 90 valence electrons. The van der Waals surface area contributed by atoms with Crippen molar-refractivity contribution in [1.29, 1.82) is 5.26 Å². The summed E-state index contributed by atoms with van der Waals surface area (Å²) < 4.78 is 18.8. The lowest BCUT2D eigenvalue weighted by molar-refractivity contribution is 0.427. The van der Waals surface area contributed by atoms with E-state index in [0.29, 0.717) is 5.56 Å². The number of nitriles is 1. The molecule has 18 heavy (non-hydrogen) atoms. The zero-order valence-electron chi connectivity index (χ0n) is 9.45. The first-order valence-electron chi connectivity index (χ1n) is 5.10. The predicted octanol–water partition coefficient (Wildman–Crippen LogP) is 3.85. The first-order chi connectivity index (χ1) is 8.58. The van der Waals surface area contributed by atoms with Crippen LogP contribution >= 0.6 is 11.6 Å². The van der Waals surface area contributed by atoms with E-state index < -0.39 is 5.82 Å². The van der Waals surface area contributed by atoms with E-state index in [-0.39, 0.29) is 16.8 Å². The fourth-order valence-electron chi connectivity index (χ4n) is 1.39. The van der Waals surface area contributed by atoms with Crippen molar-refractivity contribution in [2.75, 3.05) is 0 Å². The van der Waals surface area contributed by atoms with Crippen LogP contribution in [0.15, 0.2) is 30.3 Å². The van der Waals surface area contributed by atoms with Gasteiger partial charge >= 0.3 is 0 Å². The van der Waals surface area contributed by atoms with E-state index >= 15 is 0 Å². The average Bonchev–Trinajstić information content (AvgIpc) is 2.33. The van der Waals surface area contributed by atoms with Crippen LogP contribution in [0.1, 0.15) is 11.1 Å². The lowest BCUT2D eigenvalue weighted by atomic mass is 10.2. The van der Waals surface area contributed by atoms with Gasteiger partial charge in [-0.3, -0.25) is 0 Å². The highest BCUT2D eigenvalue weighted by Gasteiger charge is 2.08. The summed E-state index contributed by atoms with van der Waals surface area (Å²) in [5, 5.41) is 8.91. The van der Waals surface area contributed by atoms with Crippen LogP contribution in [0.5, 0.6) is 11.6 Å². The summed E-state index contributed by atoms with van der Waals surface area (Å²) in [5.74, 6) is -0.363. The third kappa shape index (κ3) is 2.76. The third-order valence-electron chi connectivity index (χ3n) is 2.20. The number of hydrogen-bond acceptors (Lipinski definition) is 3. The van der Waals surface area contributed by atoms with Gasteiger partial charge in [-0.25, -0.2) is 9.37 Å². The molecule has 0 fully saturated rings. The number of pyridine rings is 1. The van der Waals surface area contributed by atoms with Gasteiger partial charge in [0.1, 0.15) is 5.15 Å². The molecule has 0 atom stereocenters. The van der Waals surface area contributed by atoms with E-state index in [9.17, 15) is 4.39 Å². The van der Waals surface area contributed by atoms with Gasteiger partial charge in [-0.1, -0.05) is 17.7 Å². The lowest BCUT2D eigenvalue weighted by Gasteiger charge is -2.07. The minimum Gasteiger partial charge on any atom is -0.436 e. The summed E-state index contributed by atoms with van der Waals surface area (Å²) in [4.78, 5) is 3.87. The molecule has 2 aromatic rings. The van der Waals surface area contributed by atoms with Gasteiger partial charge in [-0.05, 0) is 30.7 Å². The van der Waals surface area contributed by atoms with Crippen molar-refractivity contribution in [2.45, 2.75) is 6.92 Å². The number of aromatic nitrogens is 1. The molecule has 0 amide bonds. The maximum atomic E-state index is 13.5. The highest BCUT2D eigenvalue weighted by molar-refractivity contribution is 6.29. The Labute approximate surface area is 108 Å². The van der Waals surface area contributed by atoms with Crippen LogP contribution in [0.25, 0.3) is 0 Å². The molecule has 0 saturated carbocycles. The van der Waals surface area contributed by atoms with E-state index in [1.165, 1.54) is 18.2 Å². The van der Waals surface area contributed by atoms with Crippen molar-refractivity contribution in [2.24, 2.45) is 0 Å². The maximum absolute atomic E-state index is 13.5. The van der Waals surface area contributed by atoms with Crippen LogP contribution in [-0.4, -0.2) is 4.98 Å². The van der Waals surface area contributed by atoms with Crippen LogP contribution in [0.4, 0.5) is 4.39 Å². The highest BCUT2D eigenvalue weighted by atomic mass is 35.5. The average molecular weight is 263 g/mol. The minimum atomic E-state index is -0.499. The Kier molecular flexibility index (Phi) is 3.45. The number of aryl methyl sites for hydroxylation is 1. The quantitative estimate of drug-likeness (QED) is 0.773. The first-order valence-corrected chi connectivity index (χ1v) is 5.48. The molecule has 0 saturated heterocycles. The summed E-state index contributed by atoms with van der Waals surface area (Å²) >= 11 is 5.73. The molecule has 0 N–H and O–H groups in total. The predicted molar refractivity (Wildman–Crippen MR) is 65.2 cm³/mol. The topological polar surface area (TPSA) is 45.9 Å². The Morgan fingerprint density at radius 1 is 1.33 bits per heavy atom. The van der Waals surface area contributed by atoms with Gasteiger partial charge in [0.15, 0.2) is 11.6 Å². The fraction of sp³-hybridized carbons (Fsp3) is 0.0769. The highest BCUT2D eigenvalue weighted by Crippen LogP contribution is 2.25. The summed E-state index contributed by atoms with van der Waals surface area (Å²) in [5.41, 5.74) is 1.16. The molecule has 2 rings (SSSR count). The second kappa shape index (κ2) is 5.03. The van der Waals surface area contributed by atoms with E-state index in [0.717, 1.165) is 5.56 Å². The molecule has 0 spiro atoms. The summed E-state index contributed by atoms with van der Waals surface area (Å²) in [6, 6.07) is 9.21. The van der Waals surface area contributed by atoms with Crippen molar-refractivity contribution < 1.29 is 9.13 Å². The molecular formula is C13H8ClFN2O. The van der Waals surface area contributed by atoms with Gasteiger partial charge in [-0.15, -0.1) is 0 Å². The van der Waals surface area contributed by atoms with Crippen molar-refractivity contribution >= 4 is 11.6 Å². The standard InChI is InChI=1S/C13H8ClFN2O/c1-8-2-3-10(15)11(4-8)18-13-6-9(7-16)5-12(14)17-13/h2-6H,1H3. The number of benzene rings is 1. The number of hydrogen-bond donors (Lipinski definition) is 0. The van der Waals surface area contributed by atoms with Gasteiger partial charge < -0.3 is 4.74 Å². The van der Waals surface area contributed by atoms with Gasteiger partial charge in [0, 0.05) is 6.07 Å². The van der Waals surface area contributed by atoms with E-state index in [4.69, 9.17) is 21.6 Å². The Bertz CT molecular complexity index is 637. The molecule has 1 aromatic heterocycles. The normalized spacial score (nSPS) is 9.89. The van der Waals surface area contributed by atoms with Crippen LogP contribution in [-0.2, 0) is 0 Å². The number of ether oxygens (including phenoxy) is 1. The van der Waals surface area contributed by atoms with Crippen molar-refractivity contribution in [3.05, 3.63) is 52.4 Å². The van der Waals surface area contributed by atoms with Gasteiger partial charge in [0.2, 0.25) is 5.88 Å². The van der Waals surface area contributed by atoms with Crippen LogP contribution in [0.2, 0.25) is 5.15 Å². The molecule has 0 aliphatic heterocycles. The molecule has 0 aliphatic carbocycles. The molecule has 0 radical (unpaired) electrons. The van der Waals surface area contributed by atoms with Crippen LogP contribution in [0, 0.1) is 24.1 Å². The number of halogens is 2. The summed E-state index contributed by atoms with van der Waals surface area (Å²) in [6.45, 7) is 1.82. The minimum absolute atomic E-state index is 0.0497. The molecule has 0 bridgehead atoms. The summed E-state index contributed by atoms with van der Waals surface area (Å²) in [6.07, 6.45) is 0. The molecule has 1 aromatic carbocycles. The number of nitrogens with zero attached hydrogens (tertiary/aromatic N) is 2. The Balaban J connectivity index is 2.37. The summed E-state index contributed by atoms with van der Waals surface area (Å²) in [7, 11) is 0. The third-order valence-corrected chi connectivity index (χ3v) is 2.39. The second-order valence-corrected chi connectivity index (χ2v) is 4.05. The van der Waals surface area contributed by atoms with E-state index in [2.05, 4.69) is 4.98 Å². The van der Waals surface area contributed by atoms with Gasteiger partial charge in [-0.2, -0.15) is 5.26 Å². The molecule has 0 aliphatic rings. The Morgan fingerprint density at radius 2 is 2.11 bits per heavy atom. The molecule has 5 heteroatoms. The second-order valence-electron chi connectivity index (χ2n) is 3.66. The monoisotopic (exact) mass is 262 g/mol. The SMILES string of the molecule is Cc1ccc(F)c(Oc2cc(C#N)cc(Cl)n2)c1. The van der Waals surface area contributed by atoms with Gasteiger partial charge in [0.05, 0.1) is 11.6 Å². The molecular weight excluding hydrogens is 255 g/mol. The molecule has 1 heterocycles. The molecule has 3 nitrogen and oxygen atoms in total. The van der Waals surface area contributed by atoms with Crippen molar-refractivity contribution in [1.82, 2.24) is 4.98 Å². The smallest absolute Gasteiger partial charge is 0.222 e. The Morgan fingerprint density at radius 3 is 2.83 bits per heavy atom. The number of rotatable bonds is 2.